The maximum atomic E-state index is 13.2. The molecule has 0 bridgehead atoms. The van der Waals surface area contributed by atoms with E-state index in [1.807, 2.05) is 54.6 Å². The number of aromatic nitrogens is 2. The van der Waals surface area contributed by atoms with E-state index in [2.05, 4.69) is 31.4 Å². The molecule has 1 N–H and O–H groups in total. The Morgan fingerprint density at radius 2 is 1.89 bits per heavy atom. The summed E-state index contributed by atoms with van der Waals surface area (Å²) >= 11 is 3.43. The zero-order valence-corrected chi connectivity index (χ0v) is 16.8. The minimum absolute atomic E-state index is 0.0378. The number of carbonyl (C=O) groups excluding carboxylic acids is 1. The van der Waals surface area contributed by atoms with Crippen LogP contribution in [0.4, 0.5) is 0 Å². The molecule has 3 aromatic rings. The van der Waals surface area contributed by atoms with E-state index in [9.17, 15) is 4.79 Å². The Morgan fingerprint density at radius 3 is 2.64 bits per heavy atom. The van der Waals surface area contributed by atoms with Crippen LogP contribution in [0, 0.1) is 0 Å². The molecule has 1 aromatic heterocycles. The van der Waals surface area contributed by atoms with E-state index in [0.717, 1.165) is 15.6 Å². The summed E-state index contributed by atoms with van der Waals surface area (Å²) in [7, 11) is 0. The highest BCUT2D eigenvalue weighted by atomic mass is 79.9. The quantitative estimate of drug-likeness (QED) is 0.650. The normalized spacial score (nSPS) is 15.9. The van der Waals surface area contributed by atoms with Gasteiger partial charge in [0.2, 0.25) is 17.6 Å². The lowest BCUT2D eigenvalue weighted by Gasteiger charge is -2.36. The van der Waals surface area contributed by atoms with Crippen LogP contribution in [0.5, 0.6) is 0 Å². The Hall–Kier alpha value is -2.51. The first-order valence-corrected chi connectivity index (χ1v) is 9.97. The van der Waals surface area contributed by atoms with Gasteiger partial charge in [-0.2, -0.15) is 4.98 Å². The van der Waals surface area contributed by atoms with Gasteiger partial charge < -0.3 is 14.6 Å². The fourth-order valence-electron chi connectivity index (χ4n) is 3.52. The molecular formula is C21H20BrN3O3. The second-order valence-electron chi connectivity index (χ2n) is 6.77. The minimum Gasteiger partial charge on any atom is -0.381 e. The molecule has 1 aliphatic rings. The van der Waals surface area contributed by atoms with Crippen molar-refractivity contribution < 1.29 is 14.1 Å². The van der Waals surface area contributed by atoms with Gasteiger partial charge >= 0.3 is 0 Å². The first-order chi connectivity index (χ1) is 13.7. The van der Waals surface area contributed by atoms with Crippen molar-refractivity contribution in [3.63, 3.8) is 0 Å². The van der Waals surface area contributed by atoms with Crippen molar-refractivity contribution in [2.75, 3.05) is 13.2 Å². The highest BCUT2D eigenvalue weighted by Gasteiger charge is 2.41. The van der Waals surface area contributed by atoms with E-state index in [-0.39, 0.29) is 12.5 Å². The number of halogens is 1. The highest BCUT2D eigenvalue weighted by molar-refractivity contribution is 9.10. The van der Waals surface area contributed by atoms with Gasteiger partial charge in [-0.3, -0.25) is 4.79 Å². The number of amides is 1. The van der Waals surface area contributed by atoms with Crippen LogP contribution in [0.3, 0.4) is 0 Å². The van der Waals surface area contributed by atoms with Crippen LogP contribution in [-0.4, -0.2) is 29.3 Å². The van der Waals surface area contributed by atoms with Gasteiger partial charge in [-0.25, -0.2) is 0 Å². The van der Waals surface area contributed by atoms with Crippen LogP contribution in [-0.2, 0) is 21.5 Å². The third-order valence-electron chi connectivity index (χ3n) is 5.06. The maximum Gasteiger partial charge on any atom is 0.246 e. The molecule has 7 heteroatoms. The summed E-state index contributed by atoms with van der Waals surface area (Å²) in [5.41, 5.74) is 1.27. The van der Waals surface area contributed by atoms with Crippen molar-refractivity contribution >= 4 is 21.8 Å². The van der Waals surface area contributed by atoms with Gasteiger partial charge in [-0.15, -0.1) is 0 Å². The summed E-state index contributed by atoms with van der Waals surface area (Å²) in [4.78, 5) is 17.5. The van der Waals surface area contributed by atoms with Crippen LogP contribution >= 0.6 is 15.9 Å². The third kappa shape index (κ3) is 3.86. The molecule has 0 saturated carbocycles. The summed E-state index contributed by atoms with van der Waals surface area (Å²) in [6.45, 7) is 1.32. The summed E-state index contributed by atoms with van der Waals surface area (Å²) < 4.78 is 11.8. The Bertz CT molecular complexity index is 952. The largest absolute Gasteiger partial charge is 0.381 e. The van der Waals surface area contributed by atoms with Crippen LogP contribution in [0.25, 0.3) is 11.4 Å². The molecular weight excluding hydrogens is 422 g/mol. The molecule has 0 atom stereocenters. The fraction of sp³-hybridized carbons (Fsp3) is 0.286. The molecule has 28 heavy (non-hydrogen) atoms. The zero-order valence-electron chi connectivity index (χ0n) is 15.2. The van der Waals surface area contributed by atoms with Gasteiger partial charge in [0, 0.05) is 23.2 Å². The van der Waals surface area contributed by atoms with Crippen LogP contribution in [0.15, 0.2) is 63.6 Å². The molecule has 6 nitrogen and oxygen atoms in total. The number of nitrogens with zero attached hydrogens (tertiary/aromatic N) is 2. The van der Waals surface area contributed by atoms with E-state index in [1.165, 1.54) is 0 Å². The molecule has 1 aliphatic heterocycles. The lowest BCUT2D eigenvalue weighted by Crippen LogP contribution is -2.47. The number of benzene rings is 2. The summed E-state index contributed by atoms with van der Waals surface area (Å²) in [5, 5.41) is 7.00. The lowest BCUT2D eigenvalue weighted by atomic mass is 9.73. The van der Waals surface area contributed by atoms with Gasteiger partial charge in [0.05, 0.1) is 12.0 Å². The Labute approximate surface area is 171 Å². The van der Waals surface area contributed by atoms with E-state index < -0.39 is 5.41 Å². The average Bonchev–Trinajstić information content (AvgIpc) is 3.22. The van der Waals surface area contributed by atoms with Gasteiger partial charge in [0.1, 0.15) is 0 Å². The van der Waals surface area contributed by atoms with Crippen molar-refractivity contribution in [1.29, 1.82) is 0 Å². The second kappa shape index (κ2) is 8.24. The first-order valence-electron chi connectivity index (χ1n) is 9.17. The molecule has 0 unspecified atom stereocenters. The van der Waals surface area contributed by atoms with E-state index in [1.54, 1.807) is 0 Å². The third-order valence-corrected chi connectivity index (χ3v) is 5.55. The number of hydrogen-bond donors (Lipinski definition) is 1. The standard InChI is InChI=1S/C21H20BrN3O3/c22-17-8-4-5-15(13-17)19-24-18(28-25-19)14-23-20(26)21(9-11-27-12-10-21)16-6-2-1-3-7-16/h1-8,13H,9-12,14H2,(H,23,26). The SMILES string of the molecule is O=C(NCc1nc(-c2cccc(Br)c2)no1)C1(c2ccccc2)CCOCC1. The van der Waals surface area contributed by atoms with Gasteiger partial charge in [0.25, 0.3) is 0 Å². The minimum atomic E-state index is -0.591. The number of carbonyl (C=O) groups is 1. The molecule has 0 spiro atoms. The zero-order chi connectivity index (χ0) is 19.4. The molecule has 0 radical (unpaired) electrons. The summed E-state index contributed by atoms with van der Waals surface area (Å²) in [6.07, 6.45) is 1.30. The van der Waals surface area contributed by atoms with Crippen molar-refractivity contribution in [3.8, 4) is 11.4 Å². The van der Waals surface area contributed by atoms with Crippen molar-refractivity contribution in [2.45, 2.75) is 24.8 Å². The molecule has 1 fully saturated rings. The highest BCUT2D eigenvalue weighted by Crippen LogP contribution is 2.35. The fourth-order valence-corrected chi connectivity index (χ4v) is 3.92. The van der Waals surface area contributed by atoms with E-state index in [4.69, 9.17) is 9.26 Å². The van der Waals surface area contributed by atoms with Crippen LogP contribution in [0.2, 0.25) is 0 Å². The average molecular weight is 442 g/mol. The predicted molar refractivity (Wildman–Crippen MR) is 107 cm³/mol. The van der Waals surface area contributed by atoms with E-state index >= 15 is 0 Å². The number of rotatable bonds is 5. The number of hydrogen-bond acceptors (Lipinski definition) is 5. The Morgan fingerprint density at radius 1 is 1.11 bits per heavy atom. The molecule has 144 valence electrons. The van der Waals surface area contributed by atoms with Crippen LogP contribution < -0.4 is 5.32 Å². The maximum absolute atomic E-state index is 13.2. The Kier molecular flexibility index (Phi) is 5.54. The van der Waals surface area contributed by atoms with Crippen molar-refractivity contribution in [3.05, 3.63) is 70.5 Å². The Balaban J connectivity index is 1.49. The number of ether oxygens (including phenoxy) is 1. The summed E-state index contributed by atoms with van der Waals surface area (Å²) in [5.74, 6) is 0.831. The van der Waals surface area contributed by atoms with Crippen LogP contribution in [0.1, 0.15) is 24.3 Å². The van der Waals surface area contributed by atoms with Gasteiger partial charge in [-0.05, 0) is 30.5 Å². The molecule has 2 aromatic carbocycles. The van der Waals surface area contributed by atoms with Gasteiger partial charge in [-0.1, -0.05) is 63.6 Å². The second-order valence-corrected chi connectivity index (χ2v) is 7.68. The summed E-state index contributed by atoms with van der Waals surface area (Å²) in [6, 6.07) is 17.5. The lowest BCUT2D eigenvalue weighted by molar-refractivity contribution is -0.130. The predicted octanol–water partition coefficient (Wildman–Crippen LogP) is 3.86. The first kappa shape index (κ1) is 18.8. The van der Waals surface area contributed by atoms with Crippen molar-refractivity contribution in [2.24, 2.45) is 0 Å². The van der Waals surface area contributed by atoms with E-state index in [0.29, 0.717) is 37.8 Å². The molecule has 2 heterocycles. The molecule has 1 amide bonds. The van der Waals surface area contributed by atoms with Gasteiger partial charge in [0.15, 0.2) is 0 Å². The monoisotopic (exact) mass is 441 g/mol. The molecule has 0 aliphatic carbocycles. The number of nitrogens with one attached hydrogen (secondary N) is 1. The smallest absolute Gasteiger partial charge is 0.246 e. The topological polar surface area (TPSA) is 77.3 Å². The molecule has 1 saturated heterocycles. The molecule has 4 rings (SSSR count). The van der Waals surface area contributed by atoms with Crippen molar-refractivity contribution in [1.82, 2.24) is 15.5 Å².